The molecule has 3 rings (SSSR count). The molecule has 0 aromatic heterocycles. The van der Waals surface area contributed by atoms with Gasteiger partial charge in [0, 0.05) is 10.0 Å². The lowest BCUT2D eigenvalue weighted by molar-refractivity contribution is 0.116. The Morgan fingerprint density at radius 2 is 2.07 bits per heavy atom. The van der Waals surface area contributed by atoms with Crippen LogP contribution in [0.1, 0.15) is 25.3 Å². The number of aromatic hydroxyl groups is 1. The number of allylic oxidation sites excluding steroid dienone is 1. The van der Waals surface area contributed by atoms with Gasteiger partial charge in [-0.25, -0.2) is 0 Å². The summed E-state index contributed by atoms with van der Waals surface area (Å²) in [6.07, 6.45) is 5.90. The van der Waals surface area contributed by atoms with Crippen LogP contribution in [0.2, 0.25) is 0 Å². The number of benzene rings is 2. The Bertz CT molecular complexity index is 884. The maximum Gasteiger partial charge on any atom is 0.122 e. The molecule has 0 radical (unpaired) electrons. The van der Waals surface area contributed by atoms with E-state index in [-0.39, 0.29) is 11.9 Å². The molecule has 2 aromatic rings. The number of rotatable bonds is 8. The van der Waals surface area contributed by atoms with Crippen LogP contribution in [-0.4, -0.2) is 24.4 Å². The largest absolute Gasteiger partial charge is 0.507 e. The second-order valence-corrected chi connectivity index (χ2v) is 7.83. The predicted octanol–water partition coefficient (Wildman–Crippen LogP) is 6.30. The molecule has 0 spiro atoms. The first kappa shape index (κ1) is 20.4. The summed E-state index contributed by atoms with van der Waals surface area (Å²) in [6.45, 7) is 7.33. The standard InChI is InChI=1S/C24H25BrO3/c1-17(14-19-15-20(25)9-10-23(19)26)8-11-24-22(12-13-27-24)18(2)16-28-21-6-4-3-5-7-21/h3-7,9-10,12,14-15,24,26H,2,8,11,13,16H2,1H3/b17-14+. The van der Waals surface area contributed by atoms with E-state index in [0.717, 1.165) is 39.8 Å². The minimum Gasteiger partial charge on any atom is -0.507 e. The lowest BCUT2D eigenvalue weighted by atomic mass is 9.97. The van der Waals surface area contributed by atoms with Gasteiger partial charge in [0.1, 0.15) is 18.1 Å². The molecule has 0 saturated heterocycles. The molecule has 28 heavy (non-hydrogen) atoms. The van der Waals surface area contributed by atoms with Crippen molar-refractivity contribution in [3.05, 3.63) is 87.9 Å². The van der Waals surface area contributed by atoms with Gasteiger partial charge in [0.15, 0.2) is 0 Å². The van der Waals surface area contributed by atoms with Crippen molar-refractivity contribution >= 4 is 22.0 Å². The van der Waals surface area contributed by atoms with Crippen molar-refractivity contribution in [3.63, 3.8) is 0 Å². The van der Waals surface area contributed by atoms with Crippen LogP contribution in [0.25, 0.3) is 6.08 Å². The summed E-state index contributed by atoms with van der Waals surface area (Å²) in [5.41, 5.74) is 4.09. The molecule has 0 amide bonds. The van der Waals surface area contributed by atoms with Crippen LogP contribution in [0.5, 0.6) is 11.5 Å². The fourth-order valence-corrected chi connectivity index (χ4v) is 3.57. The minimum absolute atomic E-state index is 0.0336. The van der Waals surface area contributed by atoms with Gasteiger partial charge in [-0.2, -0.15) is 0 Å². The summed E-state index contributed by atoms with van der Waals surface area (Å²) in [5, 5.41) is 10.0. The van der Waals surface area contributed by atoms with Crippen LogP contribution < -0.4 is 4.74 Å². The molecule has 1 heterocycles. The molecule has 2 aromatic carbocycles. The molecule has 1 aliphatic heterocycles. The first-order valence-electron chi connectivity index (χ1n) is 9.36. The van der Waals surface area contributed by atoms with Gasteiger partial charge >= 0.3 is 0 Å². The lowest BCUT2D eigenvalue weighted by Crippen LogP contribution is -2.14. The highest BCUT2D eigenvalue weighted by atomic mass is 79.9. The fourth-order valence-electron chi connectivity index (χ4n) is 3.19. The zero-order valence-electron chi connectivity index (χ0n) is 16.0. The topological polar surface area (TPSA) is 38.7 Å². The Morgan fingerprint density at radius 1 is 1.29 bits per heavy atom. The number of halogens is 1. The predicted molar refractivity (Wildman–Crippen MR) is 118 cm³/mol. The number of phenolic OH excluding ortho intramolecular Hbond substituents is 1. The molecule has 0 fully saturated rings. The van der Waals surface area contributed by atoms with Gasteiger partial charge in [-0.15, -0.1) is 0 Å². The van der Waals surface area contributed by atoms with Crippen molar-refractivity contribution in [3.8, 4) is 11.5 Å². The highest BCUT2D eigenvalue weighted by molar-refractivity contribution is 9.10. The molecule has 146 valence electrons. The van der Waals surface area contributed by atoms with Crippen molar-refractivity contribution < 1.29 is 14.6 Å². The van der Waals surface area contributed by atoms with Gasteiger partial charge in [0.25, 0.3) is 0 Å². The Labute approximate surface area is 175 Å². The van der Waals surface area contributed by atoms with E-state index in [0.29, 0.717) is 13.2 Å². The smallest absolute Gasteiger partial charge is 0.122 e. The Balaban J connectivity index is 1.55. The summed E-state index contributed by atoms with van der Waals surface area (Å²) in [5.74, 6) is 1.12. The molecule has 0 bridgehead atoms. The zero-order chi connectivity index (χ0) is 19.9. The van der Waals surface area contributed by atoms with Gasteiger partial charge in [-0.05, 0) is 61.2 Å². The third-order valence-electron chi connectivity index (χ3n) is 4.70. The van der Waals surface area contributed by atoms with Crippen LogP contribution in [0, 0.1) is 0 Å². The first-order valence-corrected chi connectivity index (χ1v) is 10.2. The average Bonchev–Trinajstić information content (AvgIpc) is 3.17. The Kier molecular flexibility index (Phi) is 7.12. The van der Waals surface area contributed by atoms with E-state index in [1.165, 1.54) is 5.57 Å². The molecule has 0 aliphatic carbocycles. The number of hydrogen-bond acceptors (Lipinski definition) is 3. The van der Waals surface area contributed by atoms with Crippen LogP contribution in [-0.2, 0) is 4.74 Å². The third-order valence-corrected chi connectivity index (χ3v) is 5.20. The quantitative estimate of drug-likeness (QED) is 0.523. The van der Waals surface area contributed by atoms with Gasteiger partial charge in [-0.1, -0.05) is 58.4 Å². The normalized spacial score (nSPS) is 16.7. The van der Waals surface area contributed by atoms with Crippen LogP contribution in [0.4, 0.5) is 0 Å². The first-order chi connectivity index (χ1) is 13.5. The van der Waals surface area contributed by atoms with Crippen molar-refractivity contribution in [2.75, 3.05) is 13.2 Å². The fraction of sp³-hybridized carbons (Fsp3) is 0.250. The van der Waals surface area contributed by atoms with Crippen molar-refractivity contribution in [1.82, 2.24) is 0 Å². The summed E-state index contributed by atoms with van der Waals surface area (Å²) < 4.78 is 12.7. The summed E-state index contributed by atoms with van der Waals surface area (Å²) >= 11 is 3.45. The second-order valence-electron chi connectivity index (χ2n) is 6.92. The molecular formula is C24H25BrO3. The van der Waals surface area contributed by atoms with E-state index in [1.807, 2.05) is 48.5 Å². The molecule has 3 nitrogen and oxygen atoms in total. The maximum atomic E-state index is 10.0. The van der Waals surface area contributed by atoms with Gasteiger partial charge in [0.2, 0.25) is 0 Å². The molecule has 1 unspecified atom stereocenters. The summed E-state index contributed by atoms with van der Waals surface area (Å²) in [4.78, 5) is 0. The van der Waals surface area contributed by atoms with Gasteiger partial charge < -0.3 is 14.6 Å². The van der Waals surface area contributed by atoms with Crippen LogP contribution >= 0.6 is 15.9 Å². The molecule has 1 atom stereocenters. The van der Waals surface area contributed by atoms with E-state index < -0.39 is 0 Å². The van der Waals surface area contributed by atoms with Gasteiger partial charge in [-0.3, -0.25) is 0 Å². The number of ether oxygens (including phenoxy) is 2. The SMILES string of the molecule is C=C(COc1ccccc1)C1=CCOC1CC/C(C)=C/c1cc(Br)ccc1O. The monoisotopic (exact) mass is 440 g/mol. The van der Waals surface area contributed by atoms with Crippen molar-refractivity contribution in [2.24, 2.45) is 0 Å². The Morgan fingerprint density at radius 3 is 2.86 bits per heavy atom. The van der Waals surface area contributed by atoms with E-state index in [2.05, 4.69) is 35.5 Å². The van der Waals surface area contributed by atoms with E-state index in [4.69, 9.17) is 9.47 Å². The lowest BCUT2D eigenvalue weighted by Gasteiger charge is -2.17. The third kappa shape index (κ3) is 5.60. The maximum absolute atomic E-state index is 10.0. The molecule has 1 aliphatic rings. The average molecular weight is 441 g/mol. The van der Waals surface area contributed by atoms with Crippen molar-refractivity contribution in [2.45, 2.75) is 25.9 Å². The molecule has 1 N–H and O–H groups in total. The van der Waals surface area contributed by atoms with Gasteiger partial charge in [0.05, 0.1) is 12.7 Å². The minimum atomic E-state index is 0.0336. The van der Waals surface area contributed by atoms with Crippen LogP contribution in [0.3, 0.4) is 0 Å². The highest BCUT2D eigenvalue weighted by Gasteiger charge is 2.22. The van der Waals surface area contributed by atoms with E-state index in [9.17, 15) is 5.11 Å². The zero-order valence-corrected chi connectivity index (χ0v) is 17.6. The van der Waals surface area contributed by atoms with E-state index in [1.54, 1.807) is 6.07 Å². The summed E-state index contributed by atoms with van der Waals surface area (Å²) in [7, 11) is 0. The number of phenols is 1. The van der Waals surface area contributed by atoms with Crippen LogP contribution in [0.15, 0.2) is 82.4 Å². The number of para-hydroxylation sites is 1. The molecular weight excluding hydrogens is 416 g/mol. The van der Waals surface area contributed by atoms with E-state index >= 15 is 0 Å². The number of hydrogen-bond donors (Lipinski definition) is 1. The molecule has 4 heteroatoms. The van der Waals surface area contributed by atoms with Crippen molar-refractivity contribution in [1.29, 1.82) is 0 Å². The Hall–Kier alpha value is -2.30. The summed E-state index contributed by atoms with van der Waals surface area (Å²) in [6, 6.07) is 15.2. The molecule has 0 saturated carbocycles. The second kappa shape index (κ2) is 9.76. The highest BCUT2D eigenvalue weighted by Crippen LogP contribution is 2.29.